The summed E-state index contributed by atoms with van der Waals surface area (Å²) in [6.07, 6.45) is 0. The van der Waals surface area contributed by atoms with Gasteiger partial charge in [-0.2, -0.15) is 0 Å². The molecular formula is C11H16INO2. The standard InChI is InChI=1S/C11H16INO2/c1-14-10-4-3-9(7-11(10)15-2)8-13-6-5-12/h3-4,7,13H,5-6,8H2,1-2H3. The quantitative estimate of drug-likeness (QED) is 0.495. The normalized spacial score (nSPS) is 10.1. The Hall–Kier alpha value is -0.490. The van der Waals surface area contributed by atoms with Gasteiger partial charge in [-0.05, 0) is 17.7 Å². The van der Waals surface area contributed by atoms with E-state index in [1.165, 1.54) is 5.56 Å². The minimum atomic E-state index is 0.773. The molecule has 3 nitrogen and oxygen atoms in total. The number of alkyl halides is 1. The molecule has 1 N–H and O–H groups in total. The fourth-order valence-electron chi connectivity index (χ4n) is 1.29. The third-order valence-corrected chi connectivity index (χ3v) is 2.59. The van der Waals surface area contributed by atoms with Gasteiger partial charge in [-0.25, -0.2) is 0 Å². The van der Waals surface area contributed by atoms with Gasteiger partial charge in [0, 0.05) is 17.5 Å². The van der Waals surface area contributed by atoms with Crippen molar-refractivity contribution in [3.63, 3.8) is 0 Å². The third kappa shape index (κ3) is 3.87. The Morgan fingerprint density at radius 2 is 1.93 bits per heavy atom. The fraction of sp³-hybridized carbons (Fsp3) is 0.455. The molecule has 0 fully saturated rings. The second-order valence-corrected chi connectivity index (χ2v) is 4.13. The Bertz CT molecular complexity index is 305. The van der Waals surface area contributed by atoms with Gasteiger partial charge in [0.05, 0.1) is 14.2 Å². The number of hydrogen-bond donors (Lipinski definition) is 1. The summed E-state index contributed by atoms with van der Waals surface area (Å²) in [5.41, 5.74) is 1.21. The molecule has 0 spiro atoms. The van der Waals surface area contributed by atoms with Gasteiger partial charge < -0.3 is 14.8 Å². The summed E-state index contributed by atoms with van der Waals surface area (Å²) >= 11 is 2.35. The van der Waals surface area contributed by atoms with Crippen molar-refractivity contribution in [2.75, 3.05) is 25.2 Å². The lowest BCUT2D eigenvalue weighted by Crippen LogP contribution is -2.15. The van der Waals surface area contributed by atoms with E-state index in [9.17, 15) is 0 Å². The van der Waals surface area contributed by atoms with Crippen molar-refractivity contribution in [3.05, 3.63) is 23.8 Å². The Labute approximate surface area is 104 Å². The van der Waals surface area contributed by atoms with Crippen molar-refractivity contribution in [2.24, 2.45) is 0 Å². The zero-order chi connectivity index (χ0) is 11.1. The highest BCUT2D eigenvalue weighted by Crippen LogP contribution is 2.27. The second-order valence-electron chi connectivity index (χ2n) is 3.06. The van der Waals surface area contributed by atoms with Gasteiger partial charge in [0.15, 0.2) is 11.5 Å². The van der Waals surface area contributed by atoms with Crippen LogP contribution in [0.5, 0.6) is 11.5 Å². The molecule has 1 aromatic rings. The van der Waals surface area contributed by atoms with Gasteiger partial charge in [-0.1, -0.05) is 28.7 Å². The summed E-state index contributed by atoms with van der Waals surface area (Å²) in [6.45, 7) is 1.89. The van der Waals surface area contributed by atoms with E-state index in [0.29, 0.717) is 0 Å². The summed E-state index contributed by atoms with van der Waals surface area (Å²) in [7, 11) is 3.30. The largest absolute Gasteiger partial charge is 0.493 e. The van der Waals surface area contributed by atoms with Crippen molar-refractivity contribution in [1.29, 1.82) is 0 Å². The first-order valence-electron chi connectivity index (χ1n) is 4.79. The number of halogens is 1. The minimum absolute atomic E-state index is 0.773. The van der Waals surface area contributed by atoms with E-state index in [0.717, 1.165) is 29.0 Å². The molecule has 0 amide bonds. The van der Waals surface area contributed by atoms with Crippen molar-refractivity contribution in [2.45, 2.75) is 6.54 Å². The summed E-state index contributed by atoms with van der Waals surface area (Å²) < 4.78 is 11.5. The van der Waals surface area contributed by atoms with Crippen LogP contribution >= 0.6 is 22.6 Å². The molecule has 0 bridgehead atoms. The van der Waals surface area contributed by atoms with Crippen molar-refractivity contribution in [3.8, 4) is 11.5 Å². The fourth-order valence-corrected chi connectivity index (χ4v) is 1.67. The van der Waals surface area contributed by atoms with Gasteiger partial charge in [-0.3, -0.25) is 0 Å². The lowest BCUT2D eigenvalue weighted by atomic mass is 10.2. The molecule has 0 aromatic heterocycles. The van der Waals surface area contributed by atoms with Crippen LogP contribution in [0.25, 0.3) is 0 Å². The van der Waals surface area contributed by atoms with E-state index < -0.39 is 0 Å². The van der Waals surface area contributed by atoms with Crippen molar-refractivity contribution in [1.82, 2.24) is 5.32 Å². The predicted octanol–water partition coefficient (Wildman–Crippen LogP) is 2.23. The van der Waals surface area contributed by atoms with Crippen LogP contribution in [-0.4, -0.2) is 25.2 Å². The number of rotatable bonds is 6. The van der Waals surface area contributed by atoms with Crippen LogP contribution in [0.4, 0.5) is 0 Å². The molecule has 0 aliphatic heterocycles. The van der Waals surface area contributed by atoms with Gasteiger partial charge in [0.1, 0.15) is 0 Å². The van der Waals surface area contributed by atoms with Crippen LogP contribution in [0.1, 0.15) is 5.56 Å². The summed E-state index contributed by atoms with van der Waals surface area (Å²) in [5.74, 6) is 1.56. The number of nitrogens with one attached hydrogen (secondary N) is 1. The molecule has 0 heterocycles. The molecule has 1 rings (SSSR count). The Morgan fingerprint density at radius 3 is 2.53 bits per heavy atom. The van der Waals surface area contributed by atoms with E-state index >= 15 is 0 Å². The molecule has 84 valence electrons. The number of ether oxygens (including phenoxy) is 2. The molecule has 1 aromatic carbocycles. The van der Waals surface area contributed by atoms with E-state index in [1.54, 1.807) is 14.2 Å². The average molecular weight is 321 g/mol. The van der Waals surface area contributed by atoms with Gasteiger partial charge in [0.2, 0.25) is 0 Å². The van der Waals surface area contributed by atoms with E-state index in [-0.39, 0.29) is 0 Å². The summed E-state index contributed by atoms with van der Waals surface area (Å²) in [4.78, 5) is 0. The lowest BCUT2D eigenvalue weighted by Gasteiger charge is -2.09. The van der Waals surface area contributed by atoms with Crippen molar-refractivity contribution >= 4 is 22.6 Å². The molecule has 0 radical (unpaired) electrons. The molecule has 4 heteroatoms. The summed E-state index contributed by atoms with van der Waals surface area (Å²) in [5, 5.41) is 3.34. The van der Waals surface area contributed by atoms with Crippen LogP contribution in [0, 0.1) is 0 Å². The lowest BCUT2D eigenvalue weighted by molar-refractivity contribution is 0.354. The maximum Gasteiger partial charge on any atom is 0.161 e. The van der Waals surface area contributed by atoms with Crippen LogP contribution in [0.2, 0.25) is 0 Å². The molecule has 0 unspecified atom stereocenters. The first kappa shape index (κ1) is 12.6. The van der Waals surface area contributed by atoms with Crippen LogP contribution in [-0.2, 0) is 6.54 Å². The maximum atomic E-state index is 5.23. The number of hydrogen-bond acceptors (Lipinski definition) is 3. The van der Waals surface area contributed by atoms with E-state index in [1.807, 2.05) is 18.2 Å². The second kappa shape index (κ2) is 6.90. The Kier molecular flexibility index (Phi) is 5.78. The molecule has 0 aliphatic carbocycles. The number of methoxy groups -OCH3 is 2. The molecule has 0 atom stereocenters. The zero-order valence-corrected chi connectivity index (χ0v) is 11.2. The van der Waals surface area contributed by atoms with Crippen LogP contribution < -0.4 is 14.8 Å². The number of benzene rings is 1. The van der Waals surface area contributed by atoms with E-state index in [2.05, 4.69) is 27.9 Å². The molecule has 0 aliphatic rings. The monoisotopic (exact) mass is 321 g/mol. The van der Waals surface area contributed by atoms with Gasteiger partial charge in [-0.15, -0.1) is 0 Å². The smallest absolute Gasteiger partial charge is 0.161 e. The Balaban J connectivity index is 2.66. The first-order chi connectivity index (χ1) is 7.31. The highest BCUT2D eigenvalue weighted by atomic mass is 127. The molecule has 0 saturated heterocycles. The van der Waals surface area contributed by atoms with Crippen LogP contribution in [0.15, 0.2) is 18.2 Å². The Morgan fingerprint density at radius 1 is 1.20 bits per heavy atom. The predicted molar refractivity (Wildman–Crippen MR) is 70.1 cm³/mol. The average Bonchev–Trinajstić information content (AvgIpc) is 2.29. The summed E-state index contributed by atoms with van der Waals surface area (Å²) in [6, 6.07) is 5.97. The zero-order valence-electron chi connectivity index (χ0n) is 9.05. The van der Waals surface area contributed by atoms with Gasteiger partial charge in [0.25, 0.3) is 0 Å². The topological polar surface area (TPSA) is 30.5 Å². The highest BCUT2D eigenvalue weighted by Gasteiger charge is 2.03. The highest BCUT2D eigenvalue weighted by molar-refractivity contribution is 14.1. The first-order valence-corrected chi connectivity index (χ1v) is 6.32. The van der Waals surface area contributed by atoms with E-state index in [4.69, 9.17) is 9.47 Å². The van der Waals surface area contributed by atoms with Gasteiger partial charge >= 0.3 is 0 Å². The molecule has 0 saturated carbocycles. The van der Waals surface area contributed by atoms with Crippen molar-refractivity contribution < 1.29 is 9.47 Å². The third-order valence-electron chi connectivity index (χ3n) is 2.05. The molecule has 15 heavy (non-hydrogen) atoms. The minimum Gasteiger partial charge on any atom is -0.493 e. The molecular weight excluding hydrogens is 305 g/mol. The maximum absolute atomic E-state index is 5.23. The SMILES string of the molecule is COc1ccc(CNCCI)cc1OC. The van der Waals surface area contributed by atoms with Crippen LogP contribution in [0.3, 0.4) is 0 Å².